The Labute approximate surface area is 179 Å². The number of amides is 3. The quantitative estimate of drug-likeness (QED) is 0.124. The molecule has 0 heterocycles. The number of carbonyl (C=O) groups excluding carboxylic acids is 2. The summed E-state index contributed by atoms with van der Waals surface area (Å²) in [5.41, 5.74) is 11.1. The lowest BCUT2D eigenvalue weighted by molar-refractivity contribution is -0.140. The first kappa shape index (κ1) is 28.1. The lowest BCUT2D eigenvalue weighted by Gasteiger charge is -2.18. The molecule has 0 aliphatic rings. The molecule has 0 unspecified atom stereocenters. The van der Waals surface area contributed by atoms with Gasteiger partial charge in [-0.25, -0.2) is 14.4 Å². The first-order valence-electron chi connectivity index (χ1n) is 10.1. The predicted octanol–water partition coefficient (Wildman–Crippen LogP) is -1.20. The minimum Gasteiger partial charge on any atom is -0.481 e. The van der Waals surface area contributed by atoms with Crippen LogP contribution in [0.3, 0.4) is 0 Å². The summed E-state index contributed by atoms with van der Waals surface area (Å²) in [5, 5.41) is 33.7. The molecule has 13 heteroatoms. The van der Waals surface area contributed by atoms with Crippen LogP contribution in [0.5, 0.6) is 0 Å². The lowest BCUT2D eigenvalue weighted by Crippen LogP contribution is -2.51. The van der Waals surface area contributed by atoms with E-state index in [1.165, 1.54) is 0 Å². The molecule has 31 heavy (non-hydrogen) atoms. The lowest BCUT2D eigenvalue weighted by atomic mass is 10.1. The average Bonchev–Trinajstić information content (AvgIpc) is 2.69. The zero-order chi connectivity index (χ0) is 23.8. The SMILES string of the molecule is NCCCC[C@H](N)C(=O)NCCCC[C@H](NC(=O)N[C@@H](CCC(=O)O)C(=O)O)C(=O)O. The highest BCUT2D eigenvalue weighted by Gasteiger charge is 2.24. The second kappa shape index (κ2) is 15.8. The number of nitrogens with two attached hydrogens (primary N) is 2. The van der Waals surface area contributed by atoms with Gasteiger partial charge in [-0.05, 0) is 45.1 Å². The van der Waals surface area contributed by atoms with Gasteiger partial charge in [0.1, 0.15) is 12.1 Å². The fourth-order valence-corrected chi connectivity index (χ4v) is 2.60. The highest BCUT2D eigenvalue weighted by Crippen LogP contribution is 2.03. The van der Waals surface area contributed by atoms with E-state index in [0.29, 0.717) is 25.8 Å². The van der Waals surface area contributed by atoms with Gasteiger partial charge in [0, 0.05) is 13.0 Å². The van der Waals surface area contributed by atoms with Crippen molar-refractivity contribution in [1.82, 2.24) is 16.0 Å². The van der Waals surface area contributed by atoms with Gasteiger partial charge in [0.2, 0.25) is 5.91 Å². The molecule has 10 N–H and O–H groups in total. The monoisotopic (exact) mass is 447 g/mol. The van der Waals surface area contributed by atoms with Crippen molar-refractivity contribution in [3.8, 4) is 0 Å². The summed E-state index contributed by atoms with van der Waals surface area (Å²) in [7, 11) is 0. The summed E-state index contributed by atoms with van der Waals surface area (Å²) in [4.78, 5) is 56.7. The van der Waals surface area contributed by atoms with Crippen LogP contribution in [-0.4, -0.2) is 76.4 Å². The van der Waals surface area contributed by atoms with Crippen LogP contribution in [0.2, 0.25) is 0 Å². The number of carboxylic acids is 3. The van der Waals surface area contributed by atoms with Crippen molar-refractivity contribution in [3.63, 3.8) is 0 Å². The topological polar surface area (TPSA) is 234 Å². The van der Waals surface area contributed by atoms with Crippen LogP contribution in [-0.2, 0) is 19.2 Å². The van der Waals surface area contributed by atoms with Crippen molar-refractivity contribution < 1.29 is 39.3 Å². The molecule has 0 bridgehead atoms. The molecule has 0 aliphatic carbocycles. The molecule has 0 spiro atoms. The van der Waals surface area contributed by atoms with Crippen molar-refractivity contribution in [2.75, 3.05) is 13.1 Å². The fourth-order valence-electron chi connectivity index (χ4n) is 2.60. The molecule has 0 aliphatic heterocycles. The molecule has 3 amide bonds. The molecule has 0 aromatic carbocycles. The van der Waals surface area contributed by atoms with E-state index in [1.54, 1.807) is 0 Å². The summed E-state index contributed by atoms with van der Waals surface area (Å²) >= 11 is 0. The molecule has 3 atom stereocenters. The zero-order valence-electron chi connectivity index (χ0n) is 17.3. The molecule has 0 aromatic heterocycles. The Morgan fingerprint density at radius 3 is 1.84 bits per heavy atom. The first-order valence-corrected chi connectivity index (χ1v) is 10.1. The third-order valence-electron chi connectivity index (χ3n) is 4.38. The summed E-state index contributed by atoms with van der Waals surface area (Å²) < 4.78 is 0. The van der Waals surface area contributed by atoms with E-state index >= 15 is 0 Å². The number of rotatable bonds is 17. The Balaban J connectivity index is 4.32. The standard InChI is InChI=1S/C18H33N5O8/c19-9-3-1-5-11(20)15(26)21-10-4-2-6-12(16(27)28)22-18(31)23-13(17(29)30)7-8-14(24)25/h11-13H,1-10,19-20H2,(H,21,26)(H,24,25)(H,27,28)(H,29,30)(H2,22,23,31)/t11-,12-,13-/m0/s1. The highest BCUT2D eigenvalue weighted by molar-refractivity contribution is 5.86. The van der Waals surface area contributed by atoms with E-state index < -0.39 is 48.5 Å². The van der Waals surface area contributed by atoms with Gasteiger partial charge in [0.05, 0.1) is 6.04 Å². The van der Waals surface area contributed by atoms with E-state index in [0.717, 1.165) is 12.8 Å². The number of urea groups is 1. The maximum atomic E-state index is 11.9. The molecular weight excluding hydrogens is 414 g/mol. The van der Waals surface area contributed by atoms with Crippen LogP contribution in [0.4, 0.5) is 4.79 Å². The van der Waals surface area contributed by atoms with Crippen molar-refractivity contribution in [2.24, 2.45) is 11.5 Å². The molecule has 0 saturated heterocycles. The maximum Gasteiger partial charge on any atom is 0.326 e. The molecule has 13 nitrogen and oxygen atoms in total. The van der Waals surface area contributed by atoms with Gasteiger partial charge in [-0.2, -0.15) is 0 Å². The second-order valence-corrected chi connectivity index (χ2v) is 7.01. The highest BCUT2D eigenvalue weighted by atomic mass is 16.4. The van der Waals surface area contributed by atoms with Gasteiger partial charge >= 0.3 is 23.9 Å². The molecule has 0 saturated carbocycles. The Hall–Kier alpha value is -2.93. The molecule has 178 valence electrons. The summed E-state index contributed by atoms with van der Waals surface area (Å²) in [6, 6.07) is -4.40. The maximum absolute atomic E-state index is 11.9. The van der Waals surface area contributed by atoms with Crippen molar-refractivity contribution in [2.45, 2.75) is 69.5 Å². The minimum absolute atomic E-state index is 0.0496. The largest absolute Gasteiger partial charge is 0.481 e. The fraction of sp³-hybridized carbons (Fsp3) is 0.722. The Bertz CT molecular complexity index is 616. The average molecular weight is 447 g/mol. The third-order valence-corrected chi connectivity index (χ3v) is 4.38. The van der Waals surface area contributed by atoms with Gasteiger partial charge in [-0.1, -0.05) is 6.42 Å². The van der Waals surface area contributed by atoms with Gasteiger partial charge in [-0.15, -0.1) is 0 Å². The van der Waals surface area contributed by atoms with Crippen LogP contribution in [0.1, 0.15) is 51.4 Å². The Morgan fingerprint density at radius 1 is 0.774 bits per heavy atom. The van der Waals surface area contributed by atoms with Gasteiger partial charge in [0.25, 0.3) is 0 Å². The number of hydrogen-bond acceptors (Lipinski definition) is 7. The molecule has 0 fully saturated rings. The molecular formula is C18H33N5O8. The summed E-state index contributed by atoms with van der Waals surface area (Å²) in [5.74, 6) is -4.26. The van der Waals surface area contributed by atoms with Crippen molar-refractivity contribution >= 4 is 29.8 Å². The van der Waals surface area contributed by atoms with Gasteiger partial charge in [-0.3, -0.25) is 9.59 Å². The summed E-state index contributed by atoms with van der Waals surface area (Å²) in [6.45, 7) is 0.822. The number of nitrogens with one attached hydrogen (secondary N) is 3. The number of hydrogen-bond donors (Lipinski definition) is 8. The zero-order valence-corrected chi connectivity index (χ0v) is 17.3. The minimum atomic E-state index is -1.46. The smallest absolute Gasteiger partial charge is 0.326 e. The van der Waals surface area contributed by atoms with Crippen LogP contribution in [0.15, 0.2) is 0 Å². The number of unbranched alkanes of at least 4 members (excludes halogenated alkanes) is 2. The Kier molecular flexibility index (Phi) is 14.4. The normalized spacial score (nSPS) is 13.5. The van der Waals surface area contributed by atoms with E-state index in [9.17, 15) is 29.1 Å². The number of carboxylic acid groups (broad SMARTS) is 3. The van der Waals surface area contributed by atoms with E-state index in [-0.39, 0.29) is 25.3 Å². The van der Waals surface area contributed by atoms with Gasteiger partial charge in [0.15, 0.2) is 0 Å². The third kappa shape index (κ3) is 13.8. The van der Waals surface area contributed by atoms with Crippen LogP contribution >= 0.6 is 0 Å². The van der Waals surface area contributed by atoms with Gasteiger partial charge < -0.3 is 42.7 Å². The predicted molar refractivity (Wildman–Crippen MR) is 109 cm³/mol. The number of aliphatic carboxylic acids is 3. The van der Waals surface area contributed by atoms with Crippen LogP contribution in [0.25, 0.3) is 0 Å². The summed E-state index contributed by atoms with van der Waals surface area (Å²) in [6.07, 6.45) is 2.10. The van der Waals surface area contributed by atoms with E-state index in [2.05, 4.69) is 16.0 Å². The Morgan fingerprint density at radius 2 is 1.32 bits per heavy atom. The first-order chi connectivity index (χ1) is 14.6. The number of carbonyl (C=O) groups is 5. The van der Waals surface area contributed by atoms with E-state index in [4.69, 9.17) is 21.7 Å². The van der Waals surface area contributed by atoms with Crippen LogP contribution < -0.4 is 27.4 Å². The molecule has 0 aromatic rings. The van der Waals surface area contributed by atoms with Crippen molar-refractivity contribution in [3.05, 3.63) is 0 Å². The molecule has 0 radical (unpaired) electrons. The molecule has 0 rings (SSSR count). The van der Waals surface area contributed by atoms with Crippen molar-refractivity contribution in [1.29, 1.82) is 0 Å². The van der Waals surface area contributed by atoms with E-state index in [1.807, 2.05) is 0 Å². The second-order valence-electron chi connectivity index (χ2n) is 7.01. The van der Waals surface area contributed by atoms with Crippen LogP contribution in [0, 0.1) is 0 Å².